The third kappa shape index (κ3) is 5.76. The second-order valence-corrected chi connectivity index (χ2v) is 8.31. The number of aryl methyl sites for hydroxylation is 1. The Morgan fingerprint density at radius 2 is 2.19 bits per heavy atom. The van der Waals surface area contributed by atoms with Crippen molar-refractivity contribution >= 4 is 44.6 Å². The van der Waals surface area contributed by atoms with Crippen LogP contribution in [0, 0.1) is 6.92 Å². The van der Waals surface area contributed by atoms with Crippen LogP contribution in [0.1, 0.15) is 21.7 Å². The van der Waals surface area contributed by atoms with Gasteiger partial charge in [0.1, 0.15) is 0 Å². The monoisotopic (exact) mass is 386 g/mol. The number of nitrogens with zero attached hydrogens (tertiary/aromatic N) is 2. The summed E-state index contributed by atoms with van der Waals surface area (Å²) < 4.78 is 1.14. The lowest BCUT2D eigenvalue weighted by Gasteiger charge is -2.10. The molecule has 0 spiro atoms. The SMILES string of the molecule is CCNC(=NCc1ccc(Br)s1)NCCc1ncc(C)s1. The Balaban J connectivity index is 1.83. The van der Waals surface area contributed by atoms with Gasteiger partial charge in [-0.1, -0.05) is 0 Å². The highest BCUT2D eigenvalue weighted by atomic mass is 79.9. The number of thiazole rings is 1. The fourth-order valence-corrected chi connectivity index (χ4v) is 3.93. The predicted octanol–water partition coefficient (Wildman–Crippen LogP) is 3.57. The third-order valence-corrected chi connectivity index (χ3v) is 5.25. The zero-order valence-corrected chi connectivity index (χ0v) is 15.4. The van der Waals surface area contributed by atoms with Crippen molar-refractivity contribution in [2.75, 3.05) is 13.1 Å². The van der Waals surface area contributed by atoms with Gasteiger partial charge in [0, 0.05) is 35.5 Å². The van der Waals surface area contributed by atoms with E-state index in [4.69, 9.17) is 0 Å². The Labute approximate surface area is 141 Å². The Morgan fingerprint density at radius 1 is 1.33 bits per heavy atom. The number of aliphatic imine (C=N–C) groups is 1. The molecule has 0 unspecified atom stereocenters. The molecule has 0 bridgehead atoms. The van der Waals surface area contributed by atoms with E-state index in [1.807, 2.05) is 6.20 Å². The number of guanidine groups is 1. The van der Waals surface area contributed by atoms with Gasteiger partial charge in [0.25, 0.3) is 0 Å². The van der Waals surface area contributed by atoms with E-state index >= 15 is 0 Å². The van der Waals surface area contributed by atoms with E-state index < -0.39 is 0 Å². The molecule has 0 saturated heterocycles. The maximum atomic E-state index is 4.60. The lowest BCUT2D eigenvalue weighted by molar-refractivity contribution is 0.797. The van der Waals surface area contributed by atoms with E-state index in [1.54, 1.807) is 22.7 Å². The van der Waals surface area contributed by atoms with Crippen LogP contribution in [0.4, 0.5) is 0 Å². The van der Waals surface area contributed by atoms with E-state index in [1.165, 1.54) is 9.75 Å². The second kappa shape index (κ2) is 8.51. The molecule has 2 aromatic heterocycles. The maximum Gasteiger partial charge on any atom is 0.191 e. The van der Waals surface area contributed by atoms with Crippen LogP contribution in [0.2, 0.25) is 0 Å². The predicted molar refractivity (Wildman–Crippen MR) is 95.4 cm³/mol. The quantitative estimate of drug-likeness (QED) is 0.589. The van der Waals surface area contributed by atoms with Crippen molar-refractivity contribution in [2.45, 2.75) is 26.8 Å². The lowest BCUT2D eigenvalue weighted by Crippen LogP contribution is -2.38. The molecule has 2 aromatic rings. The Morgan fingerprint density at radius 3 is 2.81 bits per heavy atom. The van der Waals surface area contributed by atoms with Crippen molar-refractivity contribution in [3.8, 4) is 0 Å². The van der Waals surface area contributed by atoms with Crippen LogP contribution in [-0.2, 0) is 13.0 Å². The number of hydrogen-bond acceptors (Lipinski definition) is 4. The van der Waals surface area contributed by atoms with Crippen molar-refractivity contribution in [3.05, 3.63) is 36.9 Å². The topological polar surface area (TPSA) is 49.3 Å². The zero-order valence-electron chi connectivity index (χ0n) is 12.1. The van der Waals surface area contributed by atoms with Crippen molar-refractivity contribution in [1.82, 2.24) is 15.6 Å². The van der Waals surface area contributed by atoms with Gasteiger partial charge in [-0.25, -0.2) is 9.98 Å². The normalized spacial score (nSPS) is 11.7. The minimum absolute atomic E-state index is 0.696. The molecule has 0 aliphatic heterocycles. The van der Waals surface area contributed by atoms with Gasteiger partial charge < -0.3 is 10.6 Å². The fourth-order valence-electron chi connectivity index (χ4n) is 1.74. The highest BCUT2D eigenvalue weighted by Gasteiger charge is 2.02. The van der Waals surface area contributed by atoms with Crippen molar-refractivity contribution in [1.29, 1.82) is 0 Å². The first kappa shape index (κ1) is 16.5. The van der Waals surface area contributed by atoms with E-state index in [2.05, 4.69) is 62.5 Å². The number of rotatable bonds is 6. The van der Waals surface area contributed by atoms with Gasteiger partial charge in [-0.3, -0.25) is 0 Å². The molecule has 0 aliphatic rings. The molecule has 2 rings (SSSR count). The Hall–Kier alpha value is -0.920. The molecule has 0 saturated carbocycles. The standard InChI is InChI=1S/C14H19BrN4S2/c1-3-16-14(19-9-11-4-5-12(15)21-11)17-7-6-13-18-8-10(2)20-13/h4-5,8H,3,6-7,9H2,1-2H3,(H2,16,17,19). The maximum absolute atomic E-state index is 4.60. The van der Waals surface area contributed by atoms with Crippen LogP contribution in [0.25, 0.3) is 0 Å². The van der Waals surface area contributed by atoms with Gasteiger partial charge in [0.2, 0.25) is 0 Å². The number of hydrogen-bond donors (Lipinski definition) is 2. The molecule has 0 radical (unpaired) electrons. The van der Waals surface area contributed by atoms with Gasteiger partial charge in [-0.2, -0.15) is 0 Å². The average molecular weight is 387 g/mol. The van der Waals surface area contributed by atoms with Gasteiger partial charge >= 0.3 is 0 Å². The van der Waals surface area contributed by atoms with Crippen LogP contribution in [0.5, 0.6) is 0 Å². The molecule has 4 nitrogen and oxygen atoms in total. The average Bonchev–Trinajstić information content (AvgIpc) is 3.05. The fraction of sp³-hybridized carbons (Fsp3) is 0.429. The molecule has 0 amide bonds. The molecular formula is C14H19BrN4S2. The van der Waals surface area contributed by atoms with E-state index in [0.717, 1.165) is 34.3 Å². The van der Waals surface area contributed by atoms with E-state index in [9.17, 15) is 0 Å². The van der Waals surface area contributed by atoms with Gasteiger partial charge in [0.15, 0.2) is 5.96 Å². The molecule has 7 heteroatoms. The van der Waals surface area contributed by atoms with Crippen molar-refractivity contribution in [2.24, 2.45) is 4.99 Å². The molecule has 0 atom stereocenters. The summed E-state index contributed by atoms with van der Waals surface area (Å²) >= 11 is 6.94. The highest BCUT2D eigenvalue weighted by Crippen LogP contribution is 2.22. The summed E-state index contributed by atoms with van der Waals surface area (Å²) in [6.45, 7) is 6.55. The van der Waals surface area contributed by atoms with Crippen molar-refractivity contribution < 1.29 is 0 Å². The smallest absolute Gasteiger partial charge is 0.191 e. The van der Waals surface area contributed by atoms with Crippen LogP contribution < -0.4 is 10.6 Å². The van der Waals surface area contributed by atoms with Crippen LogP contribution in [0.3, 0.4) is 0 Å². The number of halogens is 1. The Bertz CT molecular complexity index is 591. The molecule has 0 fully saturated rings. The lowest BCUT2D eigenvalue weighted by atomic mass is 10.4. The van der Waals surface area contributed by atoms with E-state index in [-0.39, 0.29) is 0 Å². The minimum Gasteiger partial charge on any atom is -0.357 e. The highest BCUT2D eigenvalue weighted by molar-refractivity contribution is 9.11. The molecule has 114 valence electrons. The number of aromatic nitrogens is 1. The summed E-state index contributed by atoms with van der Waals surface area (Å²) in [7, 11) is 0. The minimum atomic E-state index is 0.696. The summed E-state index contributed by atoms with van der Waals surface area (Å²) in [5.74, 6) is 0.857. The van der Waals surface area contributed by atoms with Gasteiger partial charge in [-0.05, 0) is 41.9 Å². The summed E-state index contributed by atoms with van der Waals surface area (Å²) in [5, 5.41) is 7.78. The van der Waals surface area contributed by atoms with Crippen molar-refractivity contribution in [3.63, 3.8) is 0 Å². The third-order valence-electron chi connectivity index (χ3n) is 2.67. The second-order valence-electron chi connectivity index (χ2n) is 4.44. The number of thiophene rings is 1. The first-order valence-corrected chi connectivity index (χ1v) is 9.27. The molecule has 0 aromatic carbocycles. The first-order valence-electron chi connectivity index (χ1n) is 6.85. The Kier molecular flexibility index (Phi) is 6.66. The van der Waals surface area contributed by atoms with E-state index in [0.29, 0.717) is 6.54 Å². The molecule has 21 heavy (non-hydrogen) atoms. The summed E-state index contributed by atoms with van der Waals surface area (Å²) in [6, 6.07) is 4.15. The molecule has 2 N–H and O–H groups in total. The van der Waals surface area contributed by atoms with Crippen LogP contribution in [-0.4, -0.2) is 24.0 Å². The van der Waals surface area contributed by atoms with Gasteiger partial charge in [-0.15, -0.1) is 22.7 Å². The summed E-state index contributed by atoms with van der Waals surface area (Å²) in [6.07, 6.45) is 2.85. The number of nitrogens with one attached hydrogen (secondary N) is 2. The van der Waals surface area contributed by atoms with Gasteiger partial charge in [0.05, 0.1) is 15.3 Å². The molecular weight excluding hydrogens is 368 g/mol. The van der Waals surface area contributed by atoms with Crippen LogP contribution >= 0.6 is 38.6 Å². The molecule has 0 aliphatic carbocycles. The largest absolute Gasteiger partial charge is 0.357 e. The first-order chi connectivity index (χ1) is 10.2. The summed E-state index contributed by atoms with van der Waals surface area (Å²) in [5.41, 5.74) is 0. The zero-order chi connectivity index (χ0) is 15.1. The van der Waals surface area contributed by atoms with Crippen LogP contribution in [0.15, 0.2) is 27.1 Å². The summed E-state index contributed by atoms with van der Waals surface area (Å²) in [4.78, 5) is 11.5. The molecule has 2 heterocycles.